The summed E-state index contributed by atoms with van der Waals surface area (Å²) in [5, 5.41) is 0. The van der Waals surface area contributed by atoms with Crippen LogP contribution >= 0.6 is 0 Å². The molecule has 0 spiro atoms. The van der Waals surface area contributed by atoms with Crippen LogP contribution in [0.3, 0.4) is 0 Å². The minimum atomic E-state index is -1.56. The summed E-state index contributed by atoms with van der Waals surface area (Å²) < 4.78 is 6.25. The summed E-state index contributed by atoms with van der Waals surface area (Å²) in [6, 6.07) is 0. The molecule has 0 N–H and O–H groups in total. The summed E-state index contributed by atoms with van der Waals surface area (Å²) >= 11 is 0. The highest BCUT2D eigenvalue weighted by Crippen LogP contribution is 2.31. The van der Waals surface area contributed by atoms with Gasteiger partial charge in [0.1, 0.15) is 0 Å². The lowest BCUT2D eigenvalue weighted by molar-refractivity contribution is 0.0853. The van der Waals surface area contributed by atoms with Gasteiger partial charge in [0.25, 0.3) is 0 Å². The molecule has 14 heavy (non-hydrogen) atoms. The number of hydrogen-bond donors (Lipinski definition) is 0. The SMILES string of the molecule is C=C[Si](C)(C)OC1CCCCC1CC. The van der Waals surface area contributed by atoms with Gasteiger partial charge < -0.3 is 4.43 Å². The average molecular weight is 212 g/mol. The van der Waals surface area contributed by atoms with Crippen molar-refractivity contribution in [2.45, 2.75) is 58.2 Å². The molecule has 1 saturated carbocycles. The molecule has 0 aromatic carbocycles. The standard InChI is InChI=1S/C12H24OSi/c1-5-11-9-7-8-10-12(11)13-14(3,4)6-2/h6,11-12H,2,5,7-10H2,1,3-4H3. The predicted octanol–water partition coefficient (Wildman–Crippen LogP) is 3.90. The smallest absolute Gasteiger partial charge is 0.210 e. The molecule has 0 aromatic rings. The second-order valence-electron chi connectivity index (χ2n) is 4.92. The summed E-state index contributed by atoms with van der Waals surface area (Å²) in [4.78, 5) is 0. The summed E-state index contributed by atoms with van der Waals surface area (Å²) in [7, 11) is -1.56. The van der Waals surface area contributed by atoms with E-state index < -0.39 is 8.32 Å². The molecule has 2 heteroatoms. The van der Waals surface area contributed by atoms with Crippen LogP contribution in [0.2, 0.25) is 13.1 Å². The summed E-state index contributed by atoms with van der Waals surface area (Å²) in [6.07, 6.45) is 7.17. The van der Waals surface area contributed by atoms with Gasteiger partial charge in [-0.15, -0.1) is 6.58 Å². The highest BCUT2D eigenvalue weighted by molar-refractivity contribution is 6.76. The van der Waals surface area contributed by atoms with E-state index in [0.717, 1.165) is 5.92 Å². The molecule has 0 heterocycles. The highest BCUT2D eigenvalue weighted by atomic mass is 28.4. The Labute approximate surface area is 89.7 Å². The third-order valence-electron chi connectivity index (χ3n) is 3.31. The number of rotatable bonds is 4. The zero-order valence-corrected chi connectivity index (χ0v) is 10.9. The Morgan fingerprint density at radius 2 is 2.00 bits per heavy atom. The Kier molecular flexibility index (Phi) is 4.39. The molecule has 2 unspecified atom stereocenters. The predicted molar refractivity (Wildman–Crippen MR) is 64.8 cm³/mol. The van der Waals surface area contributed by atoms with Crippen LogP contribution in [0, 0.1) is 5.92 Å². The van der Waals surface area contributed by atoms with Gasteiger partial charge in [-0.1, -0.05) is 31.9 Å². The quantitative estimate of drug-likeness (QED) is 0.642. The van der Waals surface area contributed by atoms with Gasteiger partial charge in [0.2, 0.25) is 8.32 Å². The van der Waals surface area contributed by atoms with Crippen LogP contribution in [0.15, 0.2) is 12.3 Å². The van der Waals surface area contributed by atoms with Gasteiger partial charge in [-0.25, -0.2) is 0 Å². The summed E-state index contributed by atoms with van der Waals surface area (Å²) in [6.45, 7) is 10.6. The molecule has 1 nitrogen and oxygen atoms in total. The van der Waals surface area contributed by atoms with E-state index in [2.05, 4.69) is 26.6 Å². The second-order valence-corrected chi connectivity index (χ2v) is 8.77. The van der Waals surface area contributed by atoms with Gasteiger partial charge in [-0.05, 0) is 31.9 Å². The Morgan fingerprint density at radius 1 is 1.36 bits per heavy atom. The van der Waals surface area contributed by atoms with Crippen LogP contribution < -0.4 is 0 Å². The molecule has 0 aliphatic heterocycles. The summed E-state index contributed by atoms with van der Waals surface area (Å²) in [5.41, 5.74) is 2.05. The van der Waals surface area contributed by atoms with E-state index in [1.807, 2.05) is 5.70 Å². The van der Waals surface area contributed by atoms with Crippen molar-refractivity contribution in [3.05, 3.63) is 12.3 Å². The Balaban J connectivity index is 2.52. The van der Waals surface area contributed by atoms with E-state index in [9.17, 15) is 0 Å². The highest BCUT2D eigenvalue weighted by Gasteiger charge is 2.29. The fourth-order valence-corrected chi connectivity index (χ4v) is 3.42. The van der Waals surface area contributed by atoms with Gasteiger partial charge >= 0.3 is 0 Å². The first-order valence-corrected chi connectivity index (χ1v) is 8.89. The van der Waals surface area contributed by atoms with Crippen molar-refractivity contribution in [3.63, 3.8) is 0 Å². The van der Waals surface area contributed by atoms with Crippen molar-refractivity contribution in [2.75, 3.05) is 0 Å². The van der Waals surface area contributed by atoms with Gasteiger partial charge in [0.15, 0.2) is 0 Å². The van der Waals surface area contributed by atoms with Gasteiger partial charge in [0.05, 0.1) is 0 Å². The molecule has 1 aliphatic rings. The maximum Gasteiger partial charge on any atom is 0.210 e. The second kappa shape index (κ2) is 5.13. The van der Waals surface area contributed by atoms with Crippen molar-refractivity contribution >= 4 is 8.32 Å². The first-order valence-electron chi connectivity index (χ1n) is 5.90. The zero-order valence-electron chi connectivity index (χ0n) is 9.88. The maximum absolute atomic E-state index is 6.25. The van der Waals surface area contributed by atoms with Crippen molar-refractivity contribution in [1.82, 2.24) is 0 Å². The Morgan fingerprint density at radius 3 is 2.57 bits per heavy atom. The molecule has 1 aliphatic carbocycles. The molecule has 0 amide bonds. The third kappa shape index (κ3) is 3.25. The van der Waals surface area contributed by atoms with Crippen LogP contribution in [0.25, 0.3) is 0 Å². The zero-order chi connectivity index (χ0) is 10.6. The lowest BCUT2D eigenvalue weighted by Crippen LogP contribution is -2.38. The van der Waals surface area contributed by atoms with Gasteiger partial charge in [-0.3, -0.25) is 0 Å². The Hall–Kier alpha value is -0.0831. The van der Waals surface area contributed by atoms with E-state index in [4.69, 9.17) is 4.43 Å². The largest absolute Gasteiger partial charge is 0.410 e. The van der Waals surface area contributed by atoms with Crippen LogP contribution in [-0.2, 0) is 4.43 Å². The van der Waals surface area contributed by atoms with E-state index >= 15 is 0 Å². The molecule has 0 radical (unpaired) electrons. The van der Waals surface area contributed by atoms with E-state index in [1.165, 1.54) is 32.1 Å². The van der Waals surface area contributed by atoms with Crippen LogP contribution in [-0.4, -0.2) is 14.4 Å². The Bertz CT molecular complexity index is 189. The third-order valence-corrected chi connectivity index (χ3v) is 5.20. The minimum Gasteiger partial charge on any atom is -0.410 e. The molecule has 0 aromatic heterocycles. The van der Waals surface area contributed by atoms with Crippen molar-refractivity contribution in [2.24, 2.45) is 5.92 Å². The fraction of sp³-hybridized carbons (Fsp3) is 0.833. The van der Waals surface area contributed by atoms with Gasteiger partial charge in [-0.2, -0.15) is 0 Å². The van der Waals surface area contributed by atoms with Crippen molar-refractivity contribution in [1.29, 1.82) is 0 Å². The van der Waals surface area contributed by atoms with Crippen LogP contribution in [0.5, 0.6) is 0 Å². The molecule has 0 bridgehead atoms. The van der Waals surface area contributed by atoms with Crippen molar-refractivity contribution < 1.29 is 4.43 Å². The van der Waals surface area contributed by atoms with Crippen molar-refractivity contribution in [3.8, 4) is 0 Å². The molecule has 1 rings (SSSR count). The molecular formula is C12H24OSi. The van der Waals surface area contributed by atoms with Crippen LogP contribution in [0.4, 0.5) is 0 Å². The van der Waals surface area contributed by atoms with Crippen LogP contribution in [0.1, 0.15) is 39.0 Å². The van der Waals surface area contributed by atoms with Gasteiger partial charge in [0, 0.05) is 6.10 Å². The molecular weight excluding hydrogens is 188 g/mol. The number of hydrogen-bond acceptors (Lipinski definition) is 1. The molecule has 1 fully saturated rings. The minimum absolute atomic E-state index is 0.522. The lowest BCUT2D eigenvalue weighted by Gasteiger charge is -2.35. The first-order chi connectivity index (χ1) is 6.59. The van der Waals surface area contributed by atoms with E-state index in [-0.39, 0.29) is 0 Å². The lowest BCUT2D eigenvalue weighted by atomic mass is 9.85. The first kappa shape index (κ1) is 12.0. The molecule has 2 atom stereocenters. The van der Waals surface area contributed by atoms with E-state index in [1.54, 1.807) is 0 Å². The molecule has 82 valence electrons. The normalized spacial score (nSPS) is 28.8. The summed E-state index contributed by atoms with van der Waals surface area (Å²) in [5.74, 6) is 0.801. The van der Waals surface area contributed by atoms with E-state index in [0.29, 0.717) is 6.10 Å². The average Bonchev–Trinajstić information content (AvgIpc) is 2.18. The fourth-order valence-electron chi connectivity index (χ4n) is 2.23. The maximum atomic E-state index is 6.25. The monoisotopic (exact) mass is 212 g/mol. The molecule has 0 saturated heterocycles. The topological polar surface area (TPSA) is 9.23 Å².